The van der Waals surface area contributed by atoms with Gasteiger partial charge in [0.25, 0.3) is 0 Å². The normalized spacial score (nSPS) is 12.8. The Balaban J connectivity index is 0.00000192. The van der Waals surface area contributed by atoms with Crippen molar-refractivity contribution in [1.29, 1.82) is 0 Å². The van der Waals surface area contributed by atoms with Crippen LogP contribution in [0.4, 0.5) is 0 Å². The molecule has 4 nitrogen and oxygen atoms in total. The Labute approximate surface area is 143 Å². The molecule has 0 fully saturated rings. The van der Waals surface area contributed by atoms with Crippen molar-refractivity contribution in [2.24, 2.45) is 0 Å². The summed E-state index contributed by atoms with van der Waals surface area (Å²) in [5.41, 5.74) is 3.54. The second-order valence-electron chi connectivity index (χ2n) is 5.28. The maximum Gasteiger partial charge on any atom is 0.204 e. The molecule has 0 atom stereocenters. The van der Waals surface area contributed by atoms with E-state index in [9.17, 15) is 0 Å². The van der Waals surface area contributed by atoms with Gasteiger partial charge in [0.1, 0.15) is 6.61 Å². The Morgan fingerprint density at radius 1 is 1.04 bits per heavy atom. The van der Waals surface area contributed by atoms with Crippen molar-refractivity contribution in [3.05, 3.63) is 53.1 Å². The van der Waals surface area contributed by atoms with Crippen molar-refractivity contribution in [2.75, 3.05) is 20.8 Å². The summed E-state index contributed by atoms with van der Waals surface area (Å²) in [4.78, 5) is 0. The predicted molar refractivity (Wildman–Crippen MR) is 93.0 cm³/mol. The zero-order valence-corrected chi connectivity index (χ0v) is 14.2. The molecule has 1 heterocycles. The van der Waals surface area contributed by atoms with Gasteiger partial charge in [-0.2, -0.15) is 0 Å². The van der Waals surface area contributed by atoms with Crippen molar-refractivity contribution in [1.82, 2.24) is 5.32 Å². The highest BCUT2D eigenvalue weighted by molar-refractivity contribution is 5.85. The topological polar surface area (TPSA) is 39.7 Å². The molecule has 0 aliphatic carbocycles. The van der Waals surface area contributed by atoms with E-state index in [1.165, 1.54) is 5.56 Å². The van der Waals surface area contributed by atoms with E-state index in [0.29, 0.717) is 12.4 Å². The summed E-state index contributed by atoms with van der Waals surface area (Å²) in [5, 5.41) is 3.38. The third kappa shape index (κ3) is 3.71. The van der Waals surface area contributed by atoms with Gasteiger partial charge in [-0.3, -0.25) is 0 Å². The summed E-state index contributed by atoms with van der Waals surface area (Å²) in [6.45, 7) is 2.26. The average molecular weight is 336 g/mol. The van der Waals surface area contributed by atoms with Crippen LogP contribution < -0.4 is 19.5 Å². The van der Waals surface area contributed by atoms with Crippen LogP contribution in [0.15, 0.2) is 36.4 Å². The van der Waals surface area contributed by atoms with Crippen molar-refractivity contribution >= 4 is 12.4 Å². The minimum absolute atomic E-state index is 0. The molecule has 5 heteroatoms. The van der Waals surface area contributed by atoms with Gasteiger partial charge in [0.05, 0.1) is 14.2 Å². The molecule has 1 aliphatic rings. The Bertz CT molecular complexity index is 646. The van der Waals surface area contributed by atoms with Crippen LogP contribution in [0.1, 0.15) is 16.7 Å². The van der Waals surface area contributed by atoms with Gasteiger partial charge in [-0.1, -0.05) is 30.3 Å². The lowest BCUT2D eigenvalue weighted by molar-refractivity contribution is 0.263. The first-order valence-electron chi connectivity index (χ1n) is 7.47. The highest BCUT2D eigenvalue weighted by Crippen LogP contribution is 2.43. The van der Waals surface area contributed by atoms with Gasteiger partial charge in [-0.25, -0.2) is 0 Å². The van der Waals surface area contributed by atoms with E-state index in [4.69, 9.17) is 14.2 Å². The Morgan fingerprint density at radius 3 is 2.52 bits per heavy atom. The minimum atomic E-state index is 0. The fourth-order valence-electron chi connectivity index (χ4n) is 2.79. The second kappa shape index (κ2) is 8.09. The van der Waals surface area contributed by atoms with Crippen molar-refractivity contribution in [2.45, 2.75) is 19.6 Å². The molecular weight excluding hydrogens is 314 g/mol. The number of rotatable bonds is 5. The van der Waals surface area contributed by atoms with E-state index < -0.39 is 0 Å². The fraction of sp³-hybridized carbons (Fsp3) is 0.333. The molecule has 0 saturated heterocycles. The molecule has 0 unspecified atom stereocenters. The Hall–Kier alpha value is -1.91. The molecular formula is C18H22ClNO3. The van der Waals surface area contributed by atoms with E-state index in [0.717, 1.165) is 42.1 Å². The third-order valence-electron chi connectivity index (χ3n) is 3.92. The van der Waals surface area contributed by atoms with Gasteiger partial charge in [0.2, 0.25) is 5.75 Å². The monoisotopic (exact) mass is 335 g/mol. The van der Waals surface area contributed by atoms with Gasteiger partial charge in [-0.15, -0.1) is 12.4 Å². The van der Waals surface area contributed by atoms with Crippen molar-refractivity contribution in [3.63, 3.8) is 0 Å². The minimum Gasteiger partial charge on any atom is -0.493 e. The van der Waals surface area contributed by atoms with Crippen molar-refractivity contribution < 1.29 is 14.2 Å². The van der Waals surface area contributed by atoms with Crippen LogP contribution in [-0.2, 0) is 19.6 Å². The fourth-order valence-corrected chi connectivity index (χ4v) is 2.79. The highest BCUT2D eigenvalue weighted by atomic mass is 35.5. The Morgan fingerprint density at radius 2 is 1.83 bits per heavy atom. The zero-order valence-electron chi connectivity index (χ0n) is 13.4. The standard InChI is InChI=1S/C18H21NO3.ClH/c1-20-16-10-14-8-9-19-11-15(14)17(21-2)18(16)22-12-13-6-4-3-5-7-13;/h3-7,10,19H,8-9,11-12H2,1-2H3;1H. The maximum atomic E-state index is 6.02. The lowest BCUT2D eigenvalue weighted by Gasteiger charge is -2.24. The second-order valence-corrected chi connectivity index (χ2v) is 5.28. The summed E-state index contributed by atoms with van der Waals surface area (Å²) >= 11 is 0. The number of fused-ring (bicyclic) bond motifs is 1. The number of hydrogen-bond donors (Lipinski definition) is 1. The molecule has 0 aromatic heterocycles. The maximum absolute atomic E-state index is 6.02. The molecule has 0 spiro atoms. The summed E-state index contributed by atoms with van der Waals surface area (Å²) in [6, 6.07) is 12.2. The molecule has 1 N–H and O–H groups in total. The van der Waals surface area contributed by atoms with Gasteiger partial charge in [-0.05, 0) is 30.2 Å². The van der Waals surface area contributed by atoms with Crippen LogP contribution in [0.2, 0.25) is 0 Å². The molecule has 23 heavy (non-hydrogen) atoms. The Kier molecular flexibility index (Phi) is 6.13. The van der Waals surface area contributed by atoms with E-state index in [2.05, 4.69) is 11.4 Å². The van der Waals surface area contributed by atoms with Gasteiger partial charge < -0.3 is 19.5 Å². The third-order valence-corrected chi connectivity index (χ3v) is 3.92. The SMILES string of the molecule is COc1cc2c(c(OC)c1OCc1ccccc1)CNCC2.Cl. The van der Waals surface area contributed by atoms with Crippen LogP contribution in [0.5, 0.6) is 17.2 Å². The molecule has 3 rings (SSSR count). The molecule has 0 radical (unpaired) electrons. The number of nitrogens with one attached hydrogen (secondary N) is 1. The van der Waals surface area contributed by atoms with Crippen molar-refractivity contribution in [3.8, 4) is 17.2 Å². The van der Waals surface area contributed by atoms with Crippen LogP contribution in [0, 0.1) is 0 Å². The molecule has 0 saturated carbocycles. The summed E-state index contributed by atoms with van der Waals surface area (Å²) in [7, 11) is 3.34. The quantitative estimate of drug-likeness (QED) is 0.909. The van der Waals surface area contributed by atoms with E-state index in [1.54, 1.807) is 14.2 Å². The van der Waals surface area contributed by atoms with E-state index >= 15 is 0 Å². The molecule has 0 amide bonds. The largest absolute Gasteiger partial charge is 0.493 e. The van der Waals surface area contributed by atoms with E-state index in [-0.39, 0.29) is 12.4 Å². The van der Waals surface area contributed by atoms with E-state index in [1.807, 2.05) is 30.3 Å². The van der Waals surface area contributed by atoms with Crippen LogP contribution in [-0.4, -0.2) is 20.8 Å². The number of methoxy groups -OCH3 is 2. The first kappa shape index (κ1) is 17.4. The first-order valence-corrected chi connectivity index (χ1v) is 7.47. The molecule has 2 aromatic carbocycles. The average Bonchev–Trinajstić information content (AvgIpc) is 2.59. The zero-order chi connectivity index (χ0) is 15.4. The predicted octanol–water partition coefficient (Wildman–Crippen LogP) is 3.35. The summed E-state index contributed by atoms with van der Waals surface area (Å²) in [6.07, 6.45) is 0.973. The van der Waals surface area contributed by atoms with Gasteiger partial charge in [0.15, 0.2) is 11.5 Å². The molecule has 2 aromatic rings. The number of benzene rings is 2. The molecule has 1 aliphatic heterocycles. The smallest absolute Gasteiger partial charge is 0.204 e. The highest BCUT2D eigenvalue weighted by Gasteiger charge is 2.22. The first-order chi connectivity index (χ1) is 10.8. The van der Waals surface area contributed by atoms with Gasteiger partial charge in [0, 0.05) is 12.1 Å². The van der Waals surface area contributed by atoms with Crippen LogP contribution >= 0.6 is 12.4 Å². The molecule has 0 bridgehead atoms. The number of hydrogen-bond acceptors (Lipinski definition) is 4. The summed E-state index contributed by atoms with van der Waals surface area (Å²) < 4.78 is 17.2. The van der Waals surface area contributed by atoms with Gasteiger partial charge >= 0.3 is 0 Å². The lowest BCUT2D eigenvalue weighted by Crippen LogP contribution is -2.24. The lowest BCUT2D eigenvalue weighted by atomic mass is 9.99. The number of halogens is 1. The van der Waals surface area contributed by atoms with Crippen LogP contribution in [0.25, 0.3) is 0 Å². The number of ether oxygens (including phenoxy) is 3. The summed E-state index contributed by atoms with van der Waals surface area (Å²) in [5.74, 6) is 2.18. The molecule has 124 valence electrons. The van der Waals surface area contributed by atoms with Crippen LogP contribution in [0.3, 0.4) is 0 Å².